The van der Waals surface area contributed by atoms with Crippen molar-refractivity contribution in [3.63, 3.8) is 0 Å². The minimum atomic E-state index is -0.196. The summed E-state index contributed by atoms with van der Waals surface area (Å²) in [5, 5.41) is 22.1. The third kappa shape index (κ3) is 2.24. The average molecular weight is 347 g/mol. The second-order valence-corrected chi connectivity index (χ2v) is 6.23. The molecule has 1 aromatic heterocycles. The number of nitrogens with zero attached hydrogens (tertiary/aromatic N) is 3. The monoisotopic (exact) mass is 347 g/mol. The van der Waals surface area contributed by atoms with Gasteiger partial charge in [-0.2, -0.15) is 5.26 Å². The molecule has 3 aromatic rings. The molecule has 1 amide bonds. The third-order valence-corrected chi connectivity index (χ3v) is 4.77. The van der Waals surface area contributed by atoms with Gasteiger partial charge in [0.2, 0.25) is 0 Å². The van der Waals surface area contributed by atoms with Gasteiger partial charge in [0.1, 0.15) is 5.69 Å². The van der Waals surface area contributed by atoms with Gasteiger partial charge >= 0.3 is 5.69 Å². The molecule has 26 heavy (non-hydrogen) atoms. The van der Waals surface area contributed by atoms with Crippen LogP contribution in [0.4, 0.5) is 5.69 Å². The molecule has 0 atom stereocenters. The molecular weight excluding hydrogens is 332 g/mol. The van der Waals surface area contributed by atoms with E-state index in [-0.39, 0.29) is 16.5 Å². The number of hydrogen-bond donors (Lipinski definition) is 2. The molecule has 0 fully saturated rings. The zero-order chi connectivity index (χ0) is 18.4. The second kappa shape index (κ2) is 5.70. The van der Waals surface area contributed by atoms with Crippen LogP contribution in [0.15, 0.2) is 36.4 Å². The van der Waals surface area contributed by atoms with Gasteiger partial charge in [0.05, 0.1) is 22.1 Å². The summed E-state index contributed by atoms with van der Waals surface area (Å²) in [4.78, 5) is 23.2. The summed E-state index contributed by atoms with van der Waals surface area (Å²) < 4.78 is 1.99. The first kappa shape index (κ1) is 15.8. The molecule has 4 rings (SSSR count). The van der Waals surface area contributed by atoms with Gasteiger partial charge in [0.15, 0.2) is 0 Å². The summed E-state index contributed by atoms with van der Waals surface area (Å²) in [6.45, 7) is 3.07. The molecule has 2 heterocycles. The number of nitrogens with one attached hydrogen (secondary N) is 1. The van der Waals surface area contributed by atoms with E-state index in [9.17, 15) is 15.0 Å². The lowest BCUT2D eigenvalue weighted by atomic mass is 9.98. The SMILES string of the molecule is Cc1c2n(c3c(-c4ccc([N+](=O)O)cc4)cc(C#N)cc13)CCNC2=O. The van der Waals surface area contributed by atoms with Crippen molar-refractivity contribution >= 4 is 22.5 Å². The first-order valence-corrected chi connectivity index (χ1v) is 8.13. The molecule has 0 unspecified atom stereocenters. The number of benzene rings is 2. The van der Waals surface area contributed by atoms with Crippen molar-refractivity contribution < 1.29 is 14.9 Å². The van der Waals surface area contributed by atoms with Crippen molar-refractivity contribution in [1.29, 1.82) is 5.26 Å². The maximum absolute atomic E-state index is 12.3. The topological polar surface area (TPSA) is 98.1 Å². The highest BCUT2D eigenvalue weighted by Crippen LogP contribution is 2.36. The second-order valence-electron chi connectivity index (χ2n) is 6.23. The number of aryl methyl sites for hydroxylation is 1. The summed E-state index contributed by atoms with van der Waals surface area (Å²) in [6.07, 6.45) is 0. The van der Waals surface area contributed by atoms with Gasteiger partial charge in [0.25, 0.3) is 10.8 Å². The quantitative estimate of drug-likeness (QED) is 0.696. The zero-order valence-electron chi connectivity index (χ0n) is 14.0. The van der Waals surface area contributed by atoms with Crippen LogP contribution >= 0.6 is 0 Å². The van der Waals surface area contributed by atoms with Crippen LogP contribution in [0.3, 0.4) is 0 Å². The Bertz CT molecular complexity index is 1120. The van der Waals surface area contributed by atoms with Crippen molar-refractivity contribution in [2.75, 3.05) is 6.54 Å². The summed E-state index contributed by atoms with van der Waals surface area (Å²) >= 11 is 0. The minimum Gasteiger partial charge on any atom is -0.349 e. The molecule has 0 spiro atoms. The molecule has 1 aliphatic rings. The van der Waals surface area contributed by atoms with Crippen LogP contribution in [-0.2, 0) is 6.54 Å². The van der Waals surface area contributed by atoms with E-state index in [1.165, 1.54) is 12.1 Å². The standard InChI is InChI=1S/C19H14N4O3/c1-11-15-8-12(10-20)9-16(13-2-4-14(5-3-13)23(25)26)18(15)22-7-6-21-19(24)17(11)22/h2-5,8-9H,6-7H2,1H3,(H-,21,24,25,26)/p+1. The smallest absolute Gasteiger partial charge is 0.316 e. The van der Waals surface area contributed by atoms with Gasteiger partial charge in [-0.3, -0.25) is 4.79 Å². The van der Waals surface area contributed by atoms with E-state index in [4.69, 9.17) is 5.21 Å². The fourth-order valence-corrected chi connectivity index (χ4v) is 3.59. The van der Waals surface area contributed by atoms with Gasteiger partial charge in [-0.1, -0.05) is 0 Å². The van der Waals surface area contributed by atoms with Crippen molar-refractivity contribution in [3.05, 3.63) is 58.1 Å². The number of amides is 1. The van der Waals surface area contributed by atoms with E-state index in [2.05, 4.69) is 11.4 Å². The summed E-state index contributed by atoms with van der Waals surface area (Å²) in [5.74, 6) is -0.118. The lowest BCUT2D eigenvalue weighted by Gasteiger charge is -2.18. The van der Waals surface area contributed by atoms with Gasteiger partial charge in [-0.05, 0) is 42.3 Å². The normalized spacial score (nSPS) is 13.2. The van der Waals surface area contributed by atoms with Crippen LogP contribution in [0, 0.1) is 23.2 Å². The molecule has 0 bridgehead atoms. The molecule has 0 aliphatic carbocycles. The summed E-state index contributed by atoms with van der Waals surface area (Å²) in [5.41, 5.74) is 4.56. The lowest BCUT2D eigenvalue weighted by molar-refractivity contribution is -0.729. The number of fused-ring (bicyclic) bond motifs is 3. The largest absolute Gasteiger partial charge is 0.349 e. The summed E-state index contributed by atoms with van der Waals surface area (Å²) in [6, 6.07) is 12.2. The Morgan fingerprint density at radius 3 is 2.65 bits per heavy atom. The highest BCUT2D eigenvalue weighted by molar-refractivity contribution is 6.06. The molecule has 0 saturated heterocycles. The lowest BCUT2D eigenvalue weighted by Crippen LogP contribution is -2.35. The Kier molecular flexibility index (Phi) is 3.48. The number of hydrogen-bond acceptors (Lipinski definition) is 3. The first-order valence-electron chi connectivity index (χ1n) is 8.13. The predicted molar refractivity (Wildman–Crippen MR) is 94.2 cm³/mol. The Hall–Kier alpha value is -3.66. The number of nitriles is 1. The van der Waals surface area contributed by atoms with Gasteiger partial charge in [0, 0.05) is 36.2 Å². The number of aromatic nitrogens is 1. The maximum atomic E-state index is 12.3. The van der Waals surface area contributed by atoms with E-state index in [0.717, 1.165) is 27.6 Å². The zero-order valence-corrected chi connectivity index (χ0v) is 14.0. The third-order valence-electron chi connectivity index (χ3n) is 4.77. The molecule has 7 heteroatoms. The van der Waals surface area contributed by atoms with Crippen molar-refractivity contribution in [1.82, 2.24) is 9.88 Å². The number of carbonyl (C=O) groups is 1. The van der Waals surface area contributed by atoms with Gasteiger partial charge in [-0.25, -0.2) is 5.21 Å². The van der Waals surface area contributed by atoms with Crippen LogP contribution in [0.1, 0.15) is 21.6 Å². The fourth-order valence-electron chi connectivity index (χ4n) is 3.59. The van der Waals surface area contributed by atoms with Crippen molar-refractivity contribution in [3.8, 4) is 17.2 Å². The van der Waals surface area contributed by atoms with Crippen LogP contribution < -0.4 is 5.32 Å². The molecule has 7 nitrogen and oxygen atoms in total. The van der Waals surface area contributed by atoms with Gasteiger partial charge < -0.3 is 9.88 Å². The predicted octanol–water partition coefficient (Wildman–Crippen LogP) is 3.03. The number of carbonyl (C=O) groups excluding carboxylic acids is 1. The van der Waals surface area contributed by atoms with E-state index in [1.807, 2.05) is 11.5 Å². The van der Waals surface area contributed by atoms with Crippen LogP contribution in [0.25, 0.3) is 22.0 Å². The maximum Gasteiger partial charge on any atom is 0.316 e. The van der Waals surface area contributed by atoms with Crippen LogP contribution in [0.5, 0.6) is 0 Å². The number of rotatable bonds is 2. The van der Waals surface area contributed by atoms with E-state index < -0.39 is 0 Å². The van der Waals surface area contributed by atoms with Crippen molar-refractivity contribution in [2.45, 2.75) is 13.5 Å². The van der Waals surface area contributed by atoms with E-state index in [1.54, 1.807) is 24.3 Å². The Morgan fingerprint density at radius 2 is 2.00 bits per heavy atom. The van der Waals surface area contributed by atoms with Crippen molar-refractivity contribution in [2.24, 2.45) is 0 Å². The molecule has 0 radical (unpaired) electrons. The Morgan fingerprint density at radius 1 is 1.27 bits per heavy atom. The molecular formula is C19H15N4O3+. The minimum absolute atomic E-state index is 0.118. The average Bonchev–Trinajstić information content (AvgIpc) is 2.95. The van der Waals surface area contributed by atoms with Crippen LogP contribution in [-0.4, -0.2) is 27.1 Å². The Balaban J connectivity index is 2.05. The molecule has 1 aliphatic heterocycles. The molecule has 128 valence electrons. The Labute approximate surface area is 148 Å². The highest BCUT2D eigenvalue weighted by Gasteiger charge is 2.26. The fraction of sp³-hybridized carbons (Fsp3) is 0.158. The first-order chi connectivity index (χ1) is 12.5. The summed E-state index contributed by atoms with van der Waals surface area (Å²) in [7, 11) is 0. The van der Waals surface area contributed by atoms with E-state index in [0.29, 0.717) is 24.3 Å². The highest BCUT2D eigenvalue weighted by atomic mass is 16.6. The van der Waals surface area contributed by atoms with Gasteiger partial charge in [-0.15, -0.1) is 0 Å². The van der Waals surface area contributed by atoms with E-state index >= 15 is 0 Å². The molecule has 0 saturated carbocycles. The van der Waals surface area contributed by atoms with Crippen LogP contribution in [0.2, 0.25) is 0 Å². The molecule has 2 aromatic carbocycles. The molecule has 2 N–H and O–H groups in total.